The minimum absolute atomic E-state index is 0.350. The Morgan fingerprint density at radius 3 is 2.67 bits per heavy atom. The van der Waals surface area contributed by atoms with E-state index in [1.165, 1.54) is 18.9 Å². The fraction of sp³-hybridized carbons (Fsp3) is 0.636. The van der Waals surface area contributed by atoms with E-state index in [0.29, 0.717) is 18.4 Å². The Morgan fingerprint density at radius 2 is 2.11 bits per heavy atom. The van der Waals surface area contributed by atoms with Crippen LogP contribution in [-0.2, 0) is 6.18 Å². The second-order valence-corrected chi connectivity index (χ2v) is 4.33. The van der Waals surface area contributed by atoms with Crippen molar-refractivity contribution in [3.05, 3.63) is 17.8 Å². The van der Waals surface area contributed by atoms with Crippen LogP contribution in [0.15, 0.2) is 12.1 Å². The normalized spacial score (nSPS) is 20.7. The van der Waals surface area contributed by atoms with E-state index in [2.05, 4.69) is 20.8 Å². The van der Waals surface area contributed by atoms with Gasteiger partial charge in [0.25, 0.3) is 0 Å². The highest BCUT2D eigenvalue weighted by molar-refractivity contribution is 5.33. The van der Waals surface area contributed by atoms with Crippen LogP contribution in [0.2, 0.25) is 0 Å². The topological polar surface area (TPSA) is 49.8 Å². The second-order valence-electron chi connectivity index (χ2n) is 4.33. The molecule has 1 aromatic heterocycles. The first kappa shape index (κ1) is 13.1. The number of hydrogen-bond acceptors (Lipinski definition) is 4. The minimum Gasteiger partial charge on any atom is -0.367 e. The molecule has 0 bridgehead atoms. The van der Waals surface area contributed by atoms with Gasteiger partial charge in [-0.2, -0.15) is 13.2 Å². The van der Waals surface area contributed by atoms with Crippen molar-refractivity contribution in [2.75, 3.05) is 18.4 Å². The smallest absolute Gasteiger partial charge is 0.367 e. The first-order valence-corrected chi connectivity index (χ1v) is 5.94. The van der Waals surface area contributed by atoms with E-state index < -0.39 is 11.9 Å². The summed E-state index contributed by atoms with van der Waals surface area (Å²) in [5, 5.41) is 13.0. The van der Waals surface area contributed by atoms with Crippen molar-refractivity contribution in [1.82, 2.24) is 15.5 Å². The Bertz CT molecular complexity index is 371. The molecule has 1 aliphatic heterocycles. The lowest BCUT2D eigenvalue weighted by Crippen LogP contribution is -2.39. The van der Waals surface area contributed by atoms with Crippen molar-refractivity contribution in [2.24, 2.45) is 0 Å². The van der Waals surface area contributed by atoms with Crippen LogP contribution in [0.5, 0.6) is 0 Å². The molecule has 0 aliphatic carbocycles. The first-order valence-electron chi connectivity index (χ1n) is 5.94. The van der Waals surface area contributed by atoms with Crippen LogP contribution >= 0.6 is 0 Å². The molecule has 0 amide bonds. The molecule has 0 radical (unpaired) electrons. The van der Waals surface area contributed by atoms with Crippen molar-refractivity contribution in [3.8, 4) is 0 Å². The molecule has 2 rings (SSSR count). The minimum atomic E-state index is -4.43. The third kappa shape index (κ3) is 3.56. The molecule has 2 N–H and O–H groups in total. The van der Waals surface area contributed by atoms with E-state index in [9.17, 15) is 13.2 Å². The molecular formula is C11H15F3N4. The van der Waals surface area contributed by atoms with Gasteiger partial charge in [-0.05, 0) is 31.5 Å². The van der Waals surface area contributed by atoms with Gasteiger partial charge in [0.1, 0.15) is 5.82 Å². The number of hydrogen-bond donors (Lipinski definition) is 2. The van der Waals surface area contributed by atoms with Gasteiger partial charge in [-0.25, -0.2) is 0 Å². The highest BCUT2D eigenvalue weighted by Gasteiger charge is 2.32. The van der Waals surface area contributed by atoms with E-state index in [1.54, 1.807) is 0 Å². The van der Waals surface area contributed by atoms with E-state index in [4.69, 9.17) is 0 Å². The third-order valence-corrected chi connectivity index (χ3v) is 2.90. The molecule has 1 aromatic rings. The van der Waals surface area contributed by atoms with Crippen LogP contribution in [0.1, 0.15) is 25.0 Å². The molecule has 1 unspecified atom stereocenters. The predicted octanol–water partition coefficient (Wildman–Crippen LogP) is 2.05. The quantitative estimate of drug-likeness (QED) is 0.873. The number of anilines is 1. The fourth-order valence-corrected chi connectivity index (χ4v) is 1.90. The highest BCUT2D eigenvalue weighted by Crippen LogP contribution is 2.27. The molecule has 1 saturated heterocycles. The van der Waals surface area contributed by atoms with E-state index in [-0.39, 0.29) is 0 Å². The molecule has 18 heavy (non-hydrogen) atoms. The van der Waals surface area contributed by atoms with Crippen molar-refractivity contribution >= 4 is 5.82 Å². The summed E-state index contributed by atoms with van der Waals surface area (Å²) in [5.74, 6) is 0.371. The zero-order valence-corrected chi connectivity index (χ0v) is 9.80. The summed E-state index contributed by atoms with van der Waals surface area (Å²) in [6.45, 7) is 1.64. The summed E-state index contributed by atoms with van der Waals surface area (Å²) in [6, 6.07) is 2.59. The number of alkyl halides is 3. The molecule has 1 aliphatic rings. The lowest BCUT2D eigenvalue weighted by atomic mass is 10.1. The molecule has 0 aromatic carbocycles. The summed E-state index contributed by atoms with van der Waals surface area (Å²) in [6.07, 6.45) is -1.01. The third-order valence-electron chi connectivity index (χ3n) is 2.90. The molecule has 0 spiro atoms. The fourth-order valence-electron chi connectivity index (χ4n) is 1.90. The zero-order valence-electron chi connectivity index (χ0n) is 9.80. The summed E-state index contributed by atoms with van der Waals surface area (Å²) >= 11 is 0. The molecular weight excluding hydrogens is 245 g/mol. The van der Waals surface area contributed by atoms with Gasteiger partial charge in [0, 0.05) is 12.6 Å². The summed E-state index contributed by atoms with van der Waals surface area (Å²) < 4.78 is 36.8. The second kappa shape index (κ2) is 5.51. The average Bonchev–Trinajstić information content (AvgIpc) is 2.37. The maximum Gasteiger partial charge on any atom is 0.435 e. The van der Waals surface area contributed by atoms with Gasteiger partial charge in [-0.3, -0.25) is 0 Å². The van der Waals surface area contributed by atoms with Crippen LogP contribution in [0.25, 0.3) is 0 Å². The first-order chi connectivity index (χ1) is 8.55. The maximum absolute atomic E-state index is 12.3. The Hall–Kier alpha value is -1.37. The Morgan fingerprint density at radius 1 is 1.28 bits per heavy atom. The molecule has 1 fully saturated rings. The molecule has 4 nitrogen and oxygen atoms in total. The summed E-state index contributed by atoms with van der Waals surface area (Å²) in [5.41, 5.74) is -0.969. The van der Waals surface area contributed by atoms with Gasteiger partial charge in [-0.1, -0.05) is 6.42 Å². The number of piperidine rings is 1. The van der Waals surface area contributed by atoms with Crippen molar-refractivity contribution < 1.29 is 13.2 Å². The summed E-state index contributed by atoms with van der Waals surface area (Å²) in [4.78, 5) is 0. The number of nitrogens with zero attached hydrogens (tertiary/aromatic N) is 2. The van der Waals surface area contributed by atoms with Gasteiger partial charge < -0.3 is 10.6 Å². The Labute approximate surface area is 103 Å². The van der Waals surface area contributed by atoms with Gasteiger partial charge in [0.05, 0.1) is 0 Å². The number of halogens is 3. The zero-order chi connectivity index (χ0) is 13.0. The largest absolute Gasteiger partial charge is 0.435 e. The number of aromatic nitrogens is 2. The summed E-state index contributed by atoms with van der Waals surface area (Å²) in [7, 11) is 0. The Kier molecular flexibility index (Phi) is 4.00. The Balaban J connectivity index is 1.86. The van der Waals surface area contributed by atoms with Crippen LogP contribution < -0.4 is 10.6 Å². The van der Waals surface area contributed by atoms with Crippen LogP contribution in [0.4, 0.5) is 19.0 Å². The van der Waals surface area contributed by atoms with E-state index >= 15 is 0 Å². The van der Waals surface area contributed by atoms with Crippen molar-refractivity contribution in [1.29, 1.82) is 0 Å². The lowest BCUT2D eigenvalue weighted by Gasteiger charge is -2.23. The van der Waals surface area contributed by atoms with Gasteiger partial charge in [0.2, 0.25) is 0 Å². The van der Waals surface area contributed by atoms with Crippen LogP contribution in [0, 0.1) is 0 Å². The monoisotopic (exact) mass is 260 g/mol. The molecule has 2 heterocycles. The molecule has 100 valence electrons. The molecule has 7 heteroatoms. The standard InChI is InChI=1S/C11H15F3N4/c12-11(13,14)9-4-5-10(18-17-9)16-7-8-3-1-2-6-15-8/h4-5,8,15H,1-3,6-7H2,(H,16,18). The SMILES string of the molecule is FC(F)(F)c1ccc(NCC2CCCCN2)nn1. The number of rotatable bonds is 3. The van der Waals surface area contributed by atoms with E-state index in [1.807, 2.05) is 0 Å². The highest BCUT2D eigenvalue weighted by atomic mass is 19.4. The molecule has 0 saturated carbocycles. The maximum atomic E-state index is 12.3. The van der Waals surface area contributed by atoms with Crippen LogP contribution in [-0.4, -0.2) is 29.3 Å². The lowest BCUT2D eigenvalue weighted by molar-refractivity contribution is -0.141. The van der Waals surface area contributed by atoms with Gasteiger partial charge >= 0.3 is 6.18 Å². The predicted molar refractivity (Wildman–Crippen MR) is 61.2 cm³/mol. The average molecular weight is 260 g/mol. The van der Waals surface area contributed by atoms with E-state index in [0.717, 1.165) is 19.0 Å². The van der Waals surface area contributed by atoms with Gasteiger partial charge in [-0.15, -0.1) is 10.2 Å². The van der Waals surface area contributed by atoms with Crippen molar-refractivity contribution in [2.45, 2.75) is 31.5 Å². The van der Waals surface area contributed by atoms with Gasteiger partial charge in [0.15, 0.2) is 5.69 Å². The number of nitrogens with one attached hydrogen (secondary N) is 2. The van der Waals surface area contributed by atoms with Crippen molar-refractivity contribution in [3.63, 3.8) is 0 Å². The van der Waals surface area contributed by atoms with Crippen LogP contribution in [0.3, 0.4) is 0 Å². The molecule has 1 atom stereocenters.